The number of aromatic nitrogens is 5. The van der Waals surface area contributed by atoms with E-state index in [1.54, 1.807) is 24.2 Å². The molecule has 4 N–H and O–H groups in total. The normalized spacial score (nSPS) is 14.2. The van der Waals surface area contributed by atoms with Gasteiger partial charge in [-0.1, -0.05) is 31.6 Å². The van der Waals surface area contributed by atoms with E-state index in [1.807, 2.05) is 18.3 Å². The zero-order valence-corrected chi connectivity index (χ0v) is 19.4. The standard InChI is InChI=1S/C23H30N8O2/c1-15(2)23(4,19-6-7-20(27-13-19)17(10-24)11-26-16(3)25)22-29-21(33-30-22)18-12-28-31(14-18)8-9-32-5/h6-7,10-15H,3,8-9,24-25H2,1-2,4-5H3/b17-10+,26-11-/t23-/m1/s1. The Morgan fingerprint density at radius 3 is 2.76 bits per heavy atom. The van der Waals surface area contributed by atoms with Crippen LogP contribution in [-0.4, -0.2) is 44.8 Å². The predicted molar refractivity (Wildman–Crippen MR) is 127 cm³/mol. The second kappa shape index (κ2) is 10.2. The summed E-state index contributed by atoms with van der Waals surface area (Å²) in [6, 6.07) is 3.86. The minimum atomic E-state index is -0.536. The summed E-state index contributed by atoms with van der Waals surface area (Å²) in [5.74, 6) is 1.33. The second-order valence-corrected chi connectivity index (χ2v) is 8.07. The summed E-state index contributed by atoms with van der Waals surface area (Å²) in [7, 11) is 1.65. The number of rotatable bonds is 10. The number of methoxy groups -OCH3 is 1. The number of aliphatic imine (C=N–C) groups is 1. The first-order chi connectivity index (χ1) is 15.8. The molecule has 1 atom stereocenters. The summed E-state index contributed by atoms with van der Waals surface area (Å²) >= 11 is 0. The molecule has 0 aliphatic rings. The maximum atomic E-state index is 5.73. The van der Waals surface area contributed by atoms with Crippen molar-refractivity contribution in [1.82, 2.24) is 24.9 Å². The highest BCUT2D eigenvalue weighted by Gasteiger charge is 2.38. The van der Waals surface area contributed by atoms with Crippen molar-refractivity contribution in [2.45, 2.75) is 32.7 Å². The summed E-state index contributed by atoms with van der Waals surface area (Å²) in [4.78, 5) is 13.3. The lowest BCUT2D eigenvalue weighted by Gasteiger charge is -2.30. The molecule has 33 heavy (non-hydrogen) atoms. The SMILES string of the molecule is C=C(N)/N=C\C(=C/N)c1ccc([C@](C)(c2noc(-c3cnn(CCOC)c3)n2)C(C)C)cn1. The number of nitrogens with zero attached hydrogens (tertiary/aromatic N) is 6. The fourth-order valence-electron chi connectivity index (χ4n) is 3.27. The molecule has 0 bridgehead atoms. The van der Waals surface area contributed by atoms with Crippen molar-refractivity contribution in [3.05, 3.63) is 66.4 Å². The predicted octanol–water partition coefficient (Wildman–Crippen LogP) is 2.74. The van der Waals surface area contributed by atoms with Crippen molar-refractivity contribution in [1.29, 1.82) is 0 Å². The number of pyridine rings is 1. The Hall–Kier alpha value is -3.79. The van der Waals surface area contributed by atoms with Gasteiger partial charge < -0.3 is 20.7 Å². The van der Waals surface area contributed by atoms with Crippen LogP contribution in [0.5, 0.6) is 0 Å². The molecule has 3 aromatic rings. The van der Waals surface area contributed by atoms with E-state index in [1.165, 1.54) is 12.4 Å². The number of hydrogen-bond donors (Lipinski definition) is 2. The van der Waals surface area contributed by atoms with E-state index in [0.29, 0.717) is 36.1 Å². The molecule has 0 unspecified atom stereocenters. The molecule has 3 heterocycles. The van der Waals surface area contributed by atoms with Crippen LogP contribution in [0, 0.1) is 5.92 Å². The van der Waals surface area contributed by atoms with E-state index in [-0.39, 0.29) is 11.7 Å². The Morgan fingerprint density at radius 2 is 2.15 bits per heavy atom. The Morgan fingerprint density at radius 1 is 1.36 bits per heavy atom. The van der Waals surface area contributed by atoms with Crippen LogP contribution in [0.2, 0.25) is 0 Å². The number of nitrogens with two attached hydrogens (primary N) is 2. The molecule has 10 heteroatoms. The molecule has 0 aliphatic heterocycles. The van der Waals surface area contributed by atoms with Gasteiger partial charge in [0.05, 0.1) is 36.0 Å². The first kappa shape index (κ1) is 23.9. The molecule has 0 fully saturated rings. The molecule has 0 aliphatic carbocycles. The fourth-order valence-corrected chi connectivity index (χ4v) is 3.27. The first-order valence-corrected chi connectivity index (χ1v) is 10.5. The van der Waals surface area contributed by atoms with Crippen molar-refractivity contribution < 1.29 is 9.26 Å². The molecule has 3 rings (SSSR count). The maximum Gasteiger partial charge on any atom is 0.261 e. The van der Waals surface area contributed by atoms with E-state index < -0.39 is 5.41 Å². The number of ether oxygens (including phenoxy) is 1. The topological polar surface area (TPSA) is 143 Å². The van der Waals surface area contributed by atoms with Crippen LogP contribution in [0.1, 0.15) is 37.9 Å². The molecule has 0 amide bonds. The molecular formula is C23H30N8O2. The highest BCUT2D eigenvalue weighted by Crippen LogP contribution is 2.38. The molecule has 10 nitrogen and oxygen atoms in total. The van der Waals surface area contributed by atoms with E-state index in [9.17, 15) is 0 Å². The minimum Gasteiger partial charge on any atom is -0.404 e. The van der Waals surface area contributed by atoms with Gasteiger partial charge in [-0.3, -0.25) is 9.67 Å². The largest absolute Gasteiger partial charge is 0.404 e. The summed E-state index contributed by atoms with van der Waals surface area (Å²) in [5, 5.41) is 8.62. The van der Waals surface area contributed by atoms with Crippen LogP contribution in [0.4, 0.5) is 0 Å². The monoisotopic (exact) mass is 450 g/mol. The number of allylic oxidation sites excluding steroid dienone is 1. The van der Waals surface area contributed by atoms with Gasteiger partial charge in [0, 0.05) is 37.5 Å². The van der Waals surface area contributed by atoms with Crippen LogP contribution in [-0.2, 0) is 16.7 Å². The lowest BCUT2D eigenvalue weighted by Crippen LogP contribution is -2.31. The first-order valence-electron chi connectivity index (χ1n) is 10.5. The minimum absolute atomic E-state index is 0.159. The second-order valence-electron chi connectivity index (χ2n) is 8.07. The highest BCUT2D eigenvalue weighted by molar-refractivity contribution is 6.09. The molecule has 0 aromatic carbocycles. The lowest BCUT2D eigenvalue weighted by atomic mass is 9.73. The zero-order chi connectivity index (χ0) is 24.0. The van der Waals surface area contributed by atoms with Gasteiger partial charge in [0.1, 0.15) is 5.82 Å². The van der Waals surface area contributed by atoms with Crippen molar-refractivity contribution in [2.24, 2.45) is 22.4 Å². The molecule has 0 radical (unpaired) electrons. The molecule has 3 aromatic heterocycles. The summed E-state index contributed by atoms with van der Waals surface area (Å²) in [6.07, 6.45) is 8.31. The average Bonchev–Trinajstić information content (AvgIpc) is 3.47. The Bertz CT molecular complexity index is 1140. The third-order valence-electron chi connectivity index (χ3n) is 5.66. The molecule has 0 spiro atoms. The highest BCUT2D eigenvalue weighted by atomic mass is 16.5. The van der Waals surface area contributed by atoms with Crippen molar-refractivity contribution in [3.8, 4) is 11.5 Å². The summed E-state index contributed by atoms with van der Waals surface area (Å²) < 4.78 is 12.5. The molecule has 0 saturated carbocycles. The average molecular weight is 451 g/mol. The Balaban J connectivity index is 1.90. The lowest BCUT2D eigenvalue weighted by molar-refractivity contribution is 0.183. The van der Waals surface area contributed by atoms with Gasteiger partial charge in [-0.2, -0.15) is 10.1 Å². The third kappa shape index (κ3) is 5.17. The van der Waals surface area contributed by atoms with Gasteiger partial charge in [0.15, 0.2) is 5.82 Å². The molecular weight excluding hydrogens is 420 g/mol. The van der Waals surface area contributed by atoms with Crippen molar-refractivity contribution >= 4 is 11.8 Å². The van der Waals surface area contributed by atoms with Gasteiger partial charge >= 0.3 is 0 Å². The van der Waals surface area contributed by atoms with Gasteiger partial charge in [-0.15, -0.1) is 0 Å². The van der Waals surface area contributed by atoms with E-state index in [0.717, 1.165) is 11.1 Å². The van der Waals surface area contributed by atoms with Crippen LogP contribution < -0.4 is 11.5 Å². The smallest absolute Gasteiger partial charge is 0.261 e. The van der Waals surface area contributed by atoms with Gasteiger partial charge in [-0.25, -0.2) is 4.99 Å². The van der Waals surface area contributed by atoms with Crippen molar-refractivity contribution in [2.75, 3.05) is 13.7 Å². The van der Waals surface area contributed by atoms with Gasteiger partial charge in [0.2, 0.25) is 0 Å². The summed E-state index contributed by atoms with van der Waals surface area (Å²) in [6.45, 7) is 11.1. The van der Waals surface area contributed by atoms with Crippen LogP contribution >= 0.6 is 0 Å². The zero-order valence-electron chi connectivity index (χ0n) is 19.4. The Kier molecular flexibility index (Phi) is 7.39. The Labute approximate surface area is 193 Å². The maximum absolute atomic E-state index is 5.73. The van der Waals surface area contributed by atoms with Crippen LogP contribution in [0.25, 0.3) is 17.0 Å². The van der Waals surface area contributed by atoms with Gasteiger partial charge in [-0.05, 0) is 24.5 Å². The molecule has 174 valence electrons. The van der Waals surface area contributed by atoms with Crippen molar-refractivity contribution in [3.63, 3.8) is 0 Å². The van der Waals surface area contributed by atoms with E-state index >= 15 is 0 Å². The summed E-state index contributed by atoms with van der Waals surface area (Å²) in [5.41, 5.74) is 13.7. The van der Waals surface area contributed by atoms with E-state index in [2.05, 4.69) is 47.6 Å². The fraction of sp³-hybridized carbons (Fsp3) is 0.348. The van der Waals surface area contributed by atoms with Crippen LogP contribution in [0.3, 0.4) is 0 Å². The molecule has 0 saturated heterocycles. The van der Waals surface area contributed by atoms with Crippen LogP contribution in [0.15, 0.2) is 58.8 Å². The number of hydrogen-bond acceptors (Lipinski definition) is 9. The van der Waals surface area contributed by atoms with Gasteiger partial charge in [0.25, 0.3) is 5.89 Å². The quantitative estimate of drug-likeness (QED) is 0.449. The van der Waals surface area contributed by atoms with E-state index in [4.69, 9.17) is 25.7 Å². The third-order valence-corrected chi connectivity index (χ3v) is 5.66.